The number of rotatable bonds is 4. The zero-order valence-corrected chi connectivity index (χ0v) is 11.2. The van der Waals surface area contributed by atoms with E-state index < -0.39 is 10.0 Å². The standard InChI is InChI=1S/C10H20N2O4S/c1-3-4-9-16-10(13)11-5-7-12(8-6-11)17(2,14)15/h3-9H2,1-2H3. The van der Waals surface area contributed by atoms with E-state index in [1.165, 1.54) is 10.6 Å². The third-order valence-corrected chi connectivity index (χ3v) is 3.99. The van der Waals surface area contributed by atoms with Crippen molar-refractivity contribution in [2.45, 2.75) is 19.8 Å². The highest BCUT2D eigenvalue weighted by Gasteiger charge is 2.26. The van der Waals surface area contributed by atoms with Gasteiger partial charge in [-0.25, -0.2) is 13.2 Å². The molecule has 1 rings (SSSR count). The highest BCUT2D eigenvalue weighted by molar-refractivity contribution is 7.88. The van der Waals surface area contributed by atoms with Crippen molar-refractivity contribution in [3.05, 3.63) is 0 Å². The third kappa shape index (κ3) is 4.51. The molecule has 0 aromatic carbocycles. The first-order chi connectivity index (χ1) is 7.95. The third-order valence-electron chi connectivity index (χ3n) is 2.69. The Balaban J connectivity index is 2.34. The highest BCUT2D eigenvalue weighted by atomic mass is 32.2. The Hall–Kier alpha value is -0.820. The van der Waals surface area contributed by atoms with E-state index in [0.717, 1.165) is 12.8 Å². The van der Waals surface area contributed by atoms with Crippen LogP contribution in [0.1, 0.15) is 19.8 Å². The lowest BCUT2D eigenvalue weighted by molar-refractivity contribution is 0.0883. The van der Waals surface area contributed by atoms with Gasteiger partial charge in [0.05, 0.1) is 12.9 Å². The molecule has 0 saturated carbocycles. The summed E-state index contributed by atoms with van der Waals surface area (Å²) in [6.07, 6.45) is 2.68. The number of piperazine rings is 1. The van der Waals surface area contributed by atoms with Gasteiger partial charge in [0.25, 0.3) is 0 Å². The summed E-state index contributed by atoms with van der Waals surface area (Å²) in [5.74, 6) is 0. The predicted octanol–water partition coefficient (Wildman–Crippen LogP) is 0.500. The first kappa shape index (κ1) is 14.2. The molecule has 0 spiro atoms. The Bertz CT molecular complexity index is 347. The smallest absolute Gasteiger partial charge is 0.409 e. The number of nitrogens with zero attached hydrogens (tertiary/aromatic N) is 2. The van der Waals surface area contributed by atoms with Gasteiger partial charge in [-0.1, -0.05) is 13.3 Å². The zero-order chi connectivity index (χ0) is 12.9. The van der Waals surface area contributed by atoms with Gasteiger partial charge < -0.3 is 9.64 Å². The minimum absolute atomic E-state index is 0.341. The molecule has 1 fully saturated rings. The Morgan fingerprint density at radius 3 is 2.29 bits per heavy atom. The predicted molar refractivity (Wildman–Crippen MR) is 64.2 cm³/mol. The maximum atomic E-state index is 11.6. The molecule has 0 radical (unpaired) electrons. The van der Waals surface area contributed by atoms with Crippen LogP contribution < -0.4 is 0 Å². The number of hydrogen-bond acceptors (Lipinski definition) is 4. The molecule has 0 bridgehead atoms. The van der Waals surface area contributed by atoms with Gasteiger partial charge in [-0.05, 0) is 6.42 Å². The summed E-state index contributed by atoms with van der Waals surface area (Å²) in [7, 11) is -3.14. The van der Waals surface area contributed by atoms with Crippen molar-refractivity contribution in [3.63, 3.8) is 0 Å². The largest absolute Gasteiger partial charge is 0.449 e. The molecular weight excluding hydrogens is 244 g/mol. The summed E-state index contributed by atoms with van der Waals surface area (Å²) in [6.45, 7) is 3.96. The molecular formula is C10H20N2O4S. The van der Waals surface area contributed by atoms with Gasteiger partial charge >= 0.3 is 6.09 Å². The van der Waals surface area contributed by atoms with Crippen molar-refractivity contribution in [2.24, 2.45) is 0 Å². The summed E-state index contributed by atoms with van der Waals surface area (Å²) in [6, 6.07) is 0. The molecule has 0 aliphatic carbocycles. The fourth-order valence-electron chi connectivity index (χ4n) is 1.60. The van der Waals surface area contributed by atoms with Gasteiger partial charge in [-0.15, -0.1) is 0 Å². The van der Waals surface area contributed by atoms with Crippen molar-refractivity contribution in [1.29, 1.82) is 0 Å². The lowest BCUT2D eigenvalue weighted by atomic mass is 10.4. The van der Waals surface area contributed by atoms with E-state index in [4.69, 9.17) is 4.74 Å². The van der Waals surface area contributed by atoms with Crippen LogP contribution in [0.15, 0.2) is 0 Å². The average Bonchev–Trinajstić information content (AvgIpc) is 2.28. The molecule has 0 N–H and O–H groups in total. The molecule has 1 aliphatic rings. The number of unbranched alkanes of at least 4 members (excludes halogenated alkanes) is 1. The van der Waals surface area contributed by atoms with Crippen molar-refractivity contribution in [1.82, 2.24) is 9.21 Å². The summed E-state index contributed by atoms with van der Waals surface area (Å²) >= 11 is 0. The molecule has 0 unspecified atom stereocenters. The maximum absolute atomic E-state index is 11.6. The highest BCUT2D eigenvalue weighted by Crippen LogP contribution is 2.07. The van der Waals surface area contributed by atoms with Crippen molar-refractivity contribution < 1.29 is 17.9 Å². The van der Waals surface area contributed by atoms with Crippen LogP contribution in [0.3, 0.4) is 0 Å². The minimum atomic E-state index is -3.14. The first-order valence-electron chi connectivity index (χ1n) is 5.82. The Labute approximate surface area is 103 Å². The van der Waals surface area contributed by atoms with Crippen molar-refractivity contribution in [2.75, 3.05) is 39.0 Å². The van der Waals surface area contributed by atoms with Gasteiger partial charge in [-0.2, -0.15) is 4.31 Å². The quantitative estimate of drug-likeness (QED) is 0.693. The van der Waals surface area contributed by atoms with Crippen LogP contribution in [0.25, 0.3) is 0 Å². The maximum Gasteiger partial charge on any atom is 0.409 e. The summed E-state index contributed by atoms with van der Waals surface area (Å²) in [5.41, 5.74) is 0. The monoisotopic (exact) mass is 264 g/mol. The number of ether oxygens (including phenoxy) is 1. The first-order valence-corrected chi connectivity index (χ1v) is 7.67. The fraction of sp³-hybridized carbons (Fsp3) is 0.900. The molecule has 100 valence electrons. The van der Waals surface area contributed by atoms with E-state index >= 15 is 0 Å². The lowest BCUT2D eigenvalue weighted by Crippen LogP contribution is -2.50. The van der Waals surface area contributed by atoms with Crippen LogP contribution >= 0.6 is 0 Å². The van der Waals surface area contributed by atoms with E-state index in [2.05, 4.69) is 0 Å². The Morgan fingerprint density at radius 2 is 1.82 bits per heavy atom. The van der Waals surface area contributed by atoms with E-state index in [9.17, 15) is 13.2 Å². The number of sulfonamides is 1. The van der Waals surface area contributed by atoms with E-state index in [1.807, 2.05) is 6.92 Å². The van der Waals surface area contributed by atoms with Gasteiger partial charge in [0.1, 0.15) is 0 Å². The second-order valence-electron chi connectivity index (χ2n) is 4.12. The molecule has 0 atom stereocenters. The van der Waals surface area contributed by atoms with Crippen LogP contribution in [0.5, 0.6) is 0 Å². The zero-order valence-electron chi connectivity index (χ0n) is 10.4. The molecule has 1 heterocycles. The molecule has 1 amide bonds. The van der Waals surface area contributed by atoms with Crippen molar-refractivity contribution >= 4 is 16.1 Å². The number of hydrogen-bond donors (Lipinski definition) is 0. The van der Waals surface area contributed by atoms with E-state index in [0.29, 0.717) is 32.8 Å². The summed E-state index contributed by atoms with van der Waals surface area (Å²) < 4.78 is 29.0. The van der Waals surface area contributed by atoms with E-state index in [1.54, 1.807) is 4.90 Å². The topological polar surface area (TPSA) is 66.9 Å². The van der Waals surface area contributed by atoms with Crippen LogP contribution in [0.2, 0.25) is 0 Å². The van der Waals surface area contributed by atoms with Crippen LogP contribution in [0.4, 0.5) is 4.79 Å². The van der Waals surface area contributed by atoms with Crippen LogP contribution in [0, 0.1) is 0 Å². The molecule has 17 heavy (non-hydrogen) atoms. The second kappa shape index (κ2) is 6.20. The second-order valence-corrected chi connectivity index (χ2v) is 6.10. The Morgan fingerprint density at radius 1 is 1.24 bits per heavy atom. The van der Waals surface area contributed by atoms with Crippen LogP contribution in [-0.2, 0) is 14.8 Å². The molecule has 0 aromatic heterocycles. The van der Waals surface area contributed by atoms with E-state index in [-0.39, 0.29) is 6.09 Å². The molecule has 1 aliphatic heterocycles. The fourth-order valence-corrected chi connectivity index (χ4v) is 2.42. The van der Waals surface area contributed by atoms with Gasteiger partial charge in [0, 0.05) is 26.2 Å². The van der Waals surface area contributed by atoms with Crippen molar-refractivity contribution in [3.8, 4) is 0 Å². The molecule has 7 heteroatoms. The molecule has 0 aromatic rings. The summed E-state index contributed by atoms with van der Waals surface area (Å²) in [5, 5.41) is 0. The van der Waals surface area contributed by atoms with Gasteiger partial charge in [0.15, 0.2) is 0 Å². The average molecular weight is 264 g/mol. The number of carbonyl (C=O) groups excluding carboxylic acids is 1. The van der Waals surface area contributed by atoms with Gasteiger partial charge in [-0.3, -0.25) is 0 Å². The minimum Gasteiger partial charge on any atom is -0.449 e. The van der Waals surface area contributed by atoms with Gasteiger partial charge in [0.2, 0.25) is 10.0 Å². The Kier molecular flexibility index (Phi) is 5.20. The number of carbonyl (C=O) groups is 1. The summed E-state index contributed by atoms with van der Waals surface area (Å²) in [4.78, 5) is 13.1. The SMILES string of the molecule is CCCCOC(=O)N1CCN(S(C)(=O)=O)CC1. The molecule has 1 saturated heterocycles. The van der Waals surface area contributed by atoms with Crippen LogP contribution in [-0.4, -0.2) is 62.8 Å². The molecule has 6 nitrogen and oxygen atoms in total. The number of amides is 1. The normalized spacial score (nSPS) is 18.1. The lowest BCUT2D eigenvalue weighted by Gasteiger charge is -2.32.